The molecule has 0 saturated carbocycles. The van der Waals surface area contributed by atoms with E-state index >= 15 is 0 Å². The molecule has 0 aliphatic rings. The summed E-state index contributed by atoms with van der Waals surface area (Å²) in [6, 6.07) is 7.56. The van der Waals surface area contributed by atoms with Gasteiger partial charge < -0.3 is 9.84 Å². The highest BCUT2D eigenvalue weighted by molar-refractivity contribution is 7.15. The van der Waals surface area contributed by atoms with Crippen molar-refractivity contribution in [2.45, 2.75) is 13.8 Å². The summed E-state index contributed by atoms with van der Waals surface area (Å²) in [7, 11) is 0. The van der Waals surface area contributed by atoms with Crippen LogP contribution in [0.4, 0.5) is 0 Å². The van der Waals surface area contributed by atoms with Crippen molar-refractivity contribution < 1.29 is 14.6 Å². The van der Waals surface area contributed by atoms with Gasteiger partial charge in [-0.2, -0.15) is 0 Å². The van der Waals surface area contributed by atoms with Crippen molar-refractivity contribution >= 4 is 22.3 Å². The van der Waals surface area contributed by atoms with Crippen LogP contribution in [0.2, 0.25) is 0 Å². The van der Waals surface area contributed by atoms with E-state index in [1.54, 1.807) is 11.3 Å². The Bertz CT molecular complexity index is 891. The number of rotatable bonds is 5. The summed E-state index contributed by atoms with van der Waals surface area (Å²) in [6.45, 7) is 7.90. The standard InChI is InChI=1S/C17H16N2O3S/c1-10(2)8-22-13-6-4-12(5-7-13)14-9-23-17-18-11(3)15(16(20)21)19(14)17/h4-7,9H,1,8H2,2-3H3,(H,20,21). The Morgan fingerprint density at radius 2 is 2.09 bits per heavy atom. The molecule has 3 rings (SSSR count). The number of carboxylic acid groups (broad SMARTS) is 1. The minimum absolute atomic E-state index is 0.207. The first-order valence-corrected chi connectivity index (χ1v) is 7.93. The third-order valence-corrected chi connectivity index (χ3v) is 4.20. The molecule has 0 unspecified atom stereocenters. The molecule has 3 aromatic rings. The molecular formula is C17H16N2O3S. The largest absolute Gasteiger partial charge is 0.489 e. The van der Waals surface area contributed by atoms with Crippen LogP contribution in [0.1, 0.15) is 23.1 Å². The third kappa shape index (κ3) is 2.85. The number of thiazole rings is 1. The number of ether oxygens (including phenoxy) is 1. The Hall–Kier alpha value is -2.60. The fourth-order valence-corrected chi connectivity index (χ4v) is 3.29. The van der Waals surface area contributed by atoms with E-state index in [9.17, 15) is 9.90 Å². The highest BCUT2D eigenvalue weighted by Crippen LogP contribution is 2.30. The molecule has 5 nitrogen and oxygen atoms in total. The smallest absolute Gasteiger partial charge is 0.354 e. The van der Waals surface area contributed by atoms with E-state index in [-0.39, 0.29) is 5.69 Å². The molecule has 0 amide bonds. The zero-order valence-corrected chi connectivity index (χ0v) is 13.7. The molecule has 0 radical (unpaired) electrons. The van der Waals surface area contributed by atoms with E-state index in [2.05, 4.69) is 11.6 Å². The summed E-state index contributed by atoms with van der Waals surface area (Å²) in [4.78, 5) is 16.5. The van der Waals surface area contributed by atoms with Gasteiger partial charge in [0.1, 0.15) is 12.4 Å². The van der Waals surface area contributed by atoms with Crippen LogP contribution < -0.4 is 4.74 Å². The van der Waals surface area contributed by atoms with Crippen molar-refractivity contribution in [3.05, 3.63) is 53.2 Å². The maximum absolute atomic E-state index is 11.5. The quantitative estimate of drug-likeness (QED) is 0.718. The average molecular weight is 328 g/mol. The van der Waals surface area contributed by atoms with Crippen LogP contribution in [0.3, 0.4) is 0 Å². The number of hydrogen-bond donors (Lipinski definition) is 1. The third-order valence-electron chi connectivity index (χ3n) is 3.38. The minimum atomic E-state index is -0.976. The highest BCUT2D eigenvalue weighted by Gasteiger charge is 2.20. The Kier molecular flexibility index (Phi) is 3.92. The first kappa shape index (κ1) is 15.3. The van der Waals surface area contributed by atoms with Crippen molar-refractivity contribution in [3.63, 3.8) is 0 Å². The molecule has 0 fully saturated rings. The van der Waals surface area contributed by atoms with Crippen LogP contribution >= 0.6 is 11.3 Å². The number of imidazole rings is 1. The lowest BCUT2D eigenvalue weighted by atomic mass is 10.1. The minimum Gasteiger partial charge on any atom is -0.489 e. The van der Waals surface area contributed by atoms with Crippen LogP contribution in [-0.4, -0.2) is 27.1 Å². The van der Waals surface area contributed by atoms with Crippen molar-refractivity contribution in [3.8, 4) is 17.0 Å². The van der Waals surface area contributed by atoms with Gasteiger partial charge in [0.15, 0.2) is 10.7 Å². The predicted octanol–water partition coefficient (Wildman–Crippen LogP) is 4.02. The van der Waals surface area contributed by atoms with Gasteiger partial charge in [-0.05, 0) is 49.2 Å². The Balaban J connectivity index is 2.00. The van der Waals surface area contributed by atoms with Gasteiger partial charge in [0.25, 0.3) is 0 Å². The van der Waals surface area contributed by atoms with Crippen LogP contribution in [-0.2, 0) is 0 Å². The molecule has 0 bridgehead atoms. The van der Waals surface area contributed by atoms with Crippen LogP contribution in [0.25, 0.3) is 16.2 Å². The van der Waals surface area contributed by atoms with Gasteiger partial charge in [0.2, 0.25) is 0 Å². The number of benzene rings is 1. The summed E-state index contributed by atoms with van der Waals surface area (Å²) >= 11 is 1.43. The van der Waals surface area contributed by atoms with Crippen molar-refractivity contribution in [2.24, 2.45) is 0 Å². The summed E-state index contributed by atoms with van der Waals surface area (Å²) < 4.78 is 7.27. The van der Waals surface area contributed by atoms with Gasteiger partial charge in [0, 0.05) is 5.38 Å². The fourth-order valence-electron chi connectivity index (χ4n) is 2.34. The lowest BCUT2D eigenvalue weighted by Crippen LogP contribution is -2.04. The number of carbonyl (C=O) groups is 1. The Morgan fingerprint density at radius 3 is 2.70 bits per heavy atom. The molecule has 1 N–H and O–H groups in total. The second-order valence-corrected chi connectivity index (χ2v) is 6.20. The van der Waals surface area contributed by atoms with E-state index in [1.165, 1.54) is 11.3 Å². The zero-order chi connectivity index (χ0) is 16.6. The Morgan fingerprint density at radius 1 is 1.39 bits per heavy atom. The molecule has 0 aliphatic carbocycles. The van der Waals surface area contributed by atoms with Gasteiger partial charge in [-0.3, -0.25) is 4.40 Å². The molecule has 23 heavy (non-hydrogen) atoms. The molecule has 0 spiro atoms. The molecular weight excluding hydrogens is 312 g/mol. The van der Waals surface area contributed by atoms with E-state index in [0.717, 1.165) is 22.6 Å². The first-order chi connectivity index (χ1) is 11.0. The number of hydrogen-bond acceptors (Lipinski definition) is 4. The summed E-state index contributed by atoms with van der Waals surface area (Å²) in [6.07, 6.45) is 0. The van der Waals surface area contributed by atoms with Crippen molar-refractivity contribution in [2.75, 3.05) is 6.61 Å². The molecule has 0 saturated heterocycles. The average Bonchev–Trinajstić information content (AvgIpc) is 3.03. The normalized spacial score (nSPS) is 10.9. The lowest BCUT2D eigenvalue weighted by Gasteiger charge is -2.07. The first-order valence-electron chi connectivity index (χ1n) is 7.05. The maximum Gasteiger partial charge on any atom is 0.354 e. The van der Waals surface area contributed by atoms with E-state index < -0.39 is 5.97 Å². The van der Waals surface area contributed by atoms with Crippen molar-refractivity contribution in [1.29, 1.82) is 0 Å². The molecule has 2 aromatic heterocycles. The SMILES string of the molecule is C=C(C)COc1ccc(-c2csc3nc(C)c(C(=O)O)n23)cc1. The molecule has 6 heteroatoms. The predicted molar refractivity (Wildman–Crippen MR) is 90.5 cm³/mol. The summed E-state index contributed by atoms with van der Waals surface area (Å²) in [5.74, 6) is -0.223. The monoisotopic (exact) mass is 328 g/mol. The van der Waals surface area contributed by atoms with E-state index in [4.69, 9.17) is 4.74 Å². The Labute approximate surface area is 137 Å². The van der Waals surface area contributed by atoms with E-state index in [0.29, 0.717) is 17.3 Å². The van der Waals surface area contributed by atoms with Crippen molar-refractivity contribution in [1.82, 2.24) is 9.38 Å². The number of aromatic carboxylic acids is 1. The van der Waals surface area contributed by atoms with Gasteiger partial charge in [0.05, 0.1) is 11.4 Å². The molecule has 0 aliphatic heterocycles. The molecule has 118 valence electrons. The van der Waals surface area contributed by atoms with Crippen LogP contribution in [0, 0.1) is 6.92 Å². The summed E-state index contributed by atoms with van der Waals surface area (Å²) in [5, 5.41) is 11.3. The van der Waals surface area contributed by atoms with Crippen LogP contribution in [0.15, 0.2) is 41.8 Å². The number of fused-ring (bicyclic) bond motifs is 1. The van der Waals surface area contributed by atoms with Gasteiger partial charge in [-0.25, -0.2) is 9.78 Å². The second kappa shape index (κ2) is 5.89. The fraction of sp³-hybridized carbons (Fsp3) is 0.176. The van der Waals surface area contributed by atoms with Crippen LogP contribution in [0.5, 0.6) is 5.75 Å². The van der Waals surface area contributed by atoms with Gasteiger partial charge in [-0.15, -0.1) is 11.3 Å². The second-order valence-electron chi connectivity index (χ2n) is 5.36. The maximum atomic E-state index is 11.5. The zero-order valence-electron chi connectivity index (χ0n) is 12.9. The number of aryl methyl sites for hydroxylation is 1. The van der Waals surface area contributed by atoms with E-state index in [1.807, 2.05) is 36.6 Å². The topological polar surface area (TPSA) is 63.8 Å². The number of nitrogens with zero attached hydrogens (tertiary/aromatic N) is 2. The molecule has 0 atom stereocenters. The number of aromatic nitrogens is 2. The molecule has 2 heterocycles. The lowest BCUT2D eigenvalue weighted by molar-refractivity contribution is 0.0688. The van der Waals surface area contributed by atoms with Gasteiger partial charge >= 0.3 is 5.97 Å². The highest BCUT2D eigenvalue weighted by atomic mass is 32.1. The summed E-state index contributed by atoms with van der Waals surface area (Å²) in [5.41, 5.74) is 3.41. The molecule has 1 aromatic carbocycles. The number of carboxylic acids is 1. The van der Waals surface area contributed by atoms with Gasteiger partial charge in [-0.1, -0.05) is 6.58 Å².